The van der Waals surface area contributed by atoms with Crippen molar-refractivity contribution in [1.29, 1.82) is 0 Å². The van der Waals surface area contributed by atoms with Crippen LogP contribution in [0.4, 0.5) is 5.69 Å². The number of carbonyl (C=O) groups excluding carboxylic acids is 1. The Morgan fingerprint density at radius 1 is 1.57 bits per heavy atom. The minimum atomic E-state index is -0.281. The van der Waals surface area contributed by atoms with Gasteiger partial charge in [0, 0.05) is 17.2 Å². The second kappa shape index (κ2) is 3.92. The molecule has 74 valence electrons. The number of benzene rings is 1. The quantitative estimate of drug-likeness (QED) is 0.718. The lowest BCUT2D eigenvalue weighted by atomic mass is 10.1. The van der Waals surface area contributed by atoms with E-state index in [9.17, 15) is 4.79 Å². The van der Waals surface area contributed by atoms with E-state index in [2.05, 4.69) is 5.32 Å². The van der Waals surface area contributed by atoms with Crippen LogP contribution in [0.5, 0.6) is 0 Å². The van der Waals surface area contributed by atoms with Gasteiger partial charge in [0.25, 0.3) is 0 Å². The number of nitrogens with one attached hydrogen (secondary N) is 1. The third kappa shape index (κ3) is 1.57. The van der Waals surface area contributed by atoms with Gasteiger partial charge in [-0.1, -0.05) is 6.07 Å². The van der Waals surface area contributed by atoms with Crippen molar-refractivity contribution in [3.8, 4) is 0 Å². The highest BCUT2D eigenvalue weighted by atomic mass is 32.2. The SMILES string of the molecule is COC(=O)c1cccc2c1NCCS2. The molecule has 1 aromatic rings. The average Bonchev–Trinajstić information content (AvgIpc) is 2.27. The van der Waals surface area contributed by atoms with Crippen molar-refractivity contribution < 1.29 is 9.53 Å². The van der Waals surface area contributed by atoms with Gasteiger partial charge in [-0.25, -0.2) is 4.79 Å². The summed E-state index contributed by atoms with van der Waals surface area (Å²) in [6.07, 6.45) is 0. The molecule has 2 rings (SSSR count). The molecular weight excluding hydrogens is 198 g/mol. The third-order valence-corrected chi connectivity index (χ3v) is 3.15. The Balaban J connectivity index is 2.45. The molecule has 1 aromatic carbocycles. The van der Waals surface area contributed by atoms with Gasteiger partial charge < -0.3 is 10.1 Å². The summed E-state index contributed by atoms with van der Waals surface area (Å²) < 4.78 is 4.71. The molecule has 0 saturated heterocycles. The highest BCUT2D eigenvalue weighted by molar-refractivity contribution is 7.99. The first-order valence-corrected chi connectivity index (χ1v) is 5.39. The Morgan fingerprint density at radius 3 is 3.21 bits per heavy atom. The van der Waals surface area contributed by atoms with Gasteiger partial charge in [0.05, 0.1) is 18.4 Å². The Bertz CT molecular complexity index is 365. The molecule has 0 unspecified atom stereocenters. The fourth-order valence-corrected chi connectivity index (χ4v) is 2.38. The highest BCUT2D eigenvalue weighted by Crippen LogP contribution is 2.33. The summed E-state index contributed by atoms with van der Waals surface area (Å²) >= 11 is 1.76. The summed E-state index contributed by atoms with van der Waals surface area (Å²) in [6, 6.07) is 5.67. The zero-order valence-corrected chi connectivity index (χ0v) is 8.69. The van der Waals surface area contributed by atoms with Crippen molar-refractivity contribution in [2.75, 3.05) is 24.7 Å². The van der Waals surface area contributed by atoms with Crippen LogP contribution in [-0.2, 0) is 4.74 Å². The zero-order valence-electron chi connectivity index (χ0n) is 7.87. The highest BCUT2D eigenvalue weighted by Gasteiger charge is 2.17. The van der Waals surface area contributed by atoms with Crippen molar-refractivity contribution in [1.82, 2.24) is 0 Å². The summed E-state index contributed by atoms with van der Waals surface area (Å²) in [7, 11) is 1.40. The molecule has 0 amide bonds. The Hall–Kier alpha value is -1.16. The van der Waals surface area contributed by atoms with Crippen LogP contribution in [0.1, 0.15) is 10.4 Å². The number of ether oxygens (including phenoxy) is 1. The van der Waals surface area contributed by atoms with Gasteiger partial charge in [-0.3, -0.25) is 0 Å². The molecule has 0 bridgehead atoms. The van der Waals surface area contributed by atoms with E-state index in [4.69, 9.17) is 4.74 Å². The van der Waals surface area contributed by atoms with E-state index in [1.165, 1.54) is 7.11 Å². The summed E-state index contributed by atoms with van der Waals surface area (Å²) in [5, 5.41) is 3.22. The zero-order chi connectivity index (χ0) is 9.97. The number of methoxy groups -OCH3 is 1. The topological polar surface area (TPSA) is 38.3 Å². The van der Waals surface area contributed by atoms with E-state index in [0.29, 0.717) is 5.56 Å². The summed E-state index contributed by atoms with van der Waals surface area (Å²) in [5.74, 6) is 0.759. The van der Waals surface area contributed by atoms with Crippen molar-refractivity contribution >= 4 is 23.4 Å². The largest absolute Gasteiger partial charge is 0.465 e. The lowest BCUT2D eigenvalue weighted by Gasteiger charge is -2.19. The number of thioether (sulfide) groups is 1. The van der Waals surface area contributed by atoms with Crippen LogP contribution in [0.15, 0.2) is 23.1 Å². The van der Waals surface area contributed by atoms with Gasteiger partial charge in [-0.2, -0.15) is 0 Å². The molecule has 0 aromatic heterocycles. The number of hydrogen-bond acceptors (Lipinski definition) is 4. The average molecular weight is 209 g/mol. The van der Waals surface area contributed by atoms with Crippen LogP contribution >= 0.6 is 11.8 Å². The van der Waals surface area contributed by atoms with Gasteiger partial charge in [0.1, 0.15) is 0 Å². The van der Waals surface area contributed by atoms with E-state index >= 15 is 0 Å². The molecule has 0 spiro atoms. The van der Waals surface area contributed by atoms with Gasteiger partial charge in [0.2, 0.25) is 0 Å². The van der Waals surface area contributed by atoms with Gasteiger partial charge in [-0.15, -0.1) is 11.8 Å². The predicted molar refractivity (Wildman–Crippen MR) is 57.0 cm³/mol. The van der Waals surface area contributed by atoms with Crippen LogP contribution in [0.2, 0.25) is 0 Å². The lowest BCUT2D eigenvalue weighted by molar-refractivity contribution is 0.0601. The van der Waals surface area contributed by atoms with Crippen molar-refractivity contribution in [2.45, 2.75) is 4.90 Å². The first kappa shape index (κ1) is 9.40. The Morgan fingerprint density at radius 2 is 2.43 bits per heavy atom. The fourth-order valence-electron chi connectivity index (χ4n) is 1.45. The second-order valence-electron chi connectivity index (χ2n) is 2.95. The van der Waals surface area contributed by atoms with E-state index in [0.717, 1.165) is 22.9 Å². The number of fused-ring (bicyclic) bond motifs is 1. The molecule has 0 atom stereocenters. The molecule has 1 aliphatic rings. The number of esters is 1. The molecule has 0 aliphatic carbocycles. The molecule has 14 heavy (non-hydrogen) atoms. The van der Waals surface area contributed by atoms with E-state index in [1.807, 2.05) is 12.1 Å². The first-order valence-electron chi connectivity index (χ1n) is 4.41. The summed E-state index contributed by atoms with van der Waals surface area (Å²) in [6.45, 7) is 0.895. The van der Waals surface area contributed by atoms with E-state index in [1.54, 1.807) is 17.8 Å². The molecule has 4 heteroatoms. The Kier molecular flexibility index (Phi) is 2.63. The van der Waals surface area contributed by atoms with Crippen LogP contribution in [0.25, 0.3) is 0 Å². The monoisotopic (exact) mass is 209 g/mol. The molecule has 0 saturated carbocycles. The minimum absolute atomic E-state index is 0.281. The maximum absolute atomic E-state index is 11.4. The molecule has 1 heterocycles. The maximum atomic E-state index is 11.4. The van der Waals surface area contributed by atoms with Crippen LogP contribution in [0.3, 0.4) is 0 Å². The number of rotatable bonds is 1. The van der Waals surface area contributed by atoms with Crippen molar-refractivity contribution in [2.24, 2.45) is 0 Å². The molecule has 0 fully saturated rings. The van der Waals surface area contributed by atoms with Crippen molar-refractivity contribution in [3.05, 3.63) is 23.8 Å². The lowest BCUT2D eigenvalue weighted by Crippen LogP contribution is -2.15. The second-order valence-corrected chi connectivity index (χ2v) is 4.08. The standard InChI is InChI=1S/C10H11NO2S/c1-13-10(12)7-3-2-4-8-9(7)11-5-6-14-8/h2-4,11H,5-6H2,1H3. The summed E-state index contributed by atoms with van der Waals surface area (Å²) in [5.41, 5.74) is 1.54. The number of anilines is 1. The van der Waals surface area contributed by atoms with Crippen LogP contribution < -0.4 is 5.32 Å². The number of hydrogen-bond donors (Lipinski definition) is 1. The van der Waals surface area contributed by atoms with Gasteiger partial charge in [0.15, 0.2) is 0 Å². The molecule has 1 aliphatic heterocycles. The van der Waals surface area contributed by atoms with Crippen LogP contribution in [0, 0.1) is 0 Å². The fraction of sp³-hybridized carbons (Fsp3) is 0.300. The third-order valence-electron chi connectivity index (χ3n) is 2.09. The first-order chi connectivity index (χ1) is 6.83. The molecule has 3 nitrogen and oxygen atoms in total. The van der Waals surface area contributed by atoms with E-state index < -0.39 is 0 Å². The molecule has 0 radical (unpaired) electrons. The maximum Gasteiger partial charge on any atom is 0.340 e. The normalized spacial score (nSPS) is 14.1. The minimum Gasteiger partial charge on any atom is -0.465 e. The Labute approximate surface area is 86.8 Å². The number of carbonyl (C=O) groups is 1. The number of para-hydroxylation sites is 1. The summed E-state index contributed by atoms with van der Waals surface area (Å²) in [4.78, 5) is 12.5. The van der Waals surface area contributed by atoms with Crippen molar-refractivity contribution in [3.63, 3.8) is 0 Å². The molecule has 1 N–H and O–H groups in total. The molecular formula is C10H11NO2S. The van der Waals surface area contributed by atoms with Gasteiger partial charge in [-0.05, 0) is 12.1 Å². The smallest absolute Gasteiger partial charge is 0.340 e. The van der Waals surface area contributed by atoms with E-state index in [-0.39, 0.29) is 5.97 Å². The predicted octanol–water partition coefficient (Wildman–Crippen LogP) is 1.99. The van der Waals surface area contributed by atoms with Crippen LogP contribution in [-0.4, -0.2) is 25.4 Å². The van der Waals surface area contributed by atoms with Gasteiger partial charge >= 0.3 is 5.97 Å².